The summed E-state index contributed by atoms with van der Waals surface area (Å²) < 4.78 is 5.13. The molecule has 2 aromatic rings. The van der Waals surface area contributed by atoms with E-state index in [4.69, 9.17) is 4.52 Å². The fourth-order valence-electron chi connectivity index (χ4n) is 3.46. The standard InChI is InChI=1S/C20H27N3O2/c1-15-19(16(2)25-22-15)8-9-20(24)21-11-5-12-23-13-10-17-6-3-4-7-18(17)14-23/h3-4,6-7H,5,8-14H2,1-2H3,(H,21,24). The van der Waals surface area contributed by atoms with Crippen molar-refractivity contribution in [1.29, 1.82) is 0 Å². The Hall–Kier alpha value is -2.14. The molecule has 0 saturated heterocycles. The van der Waals surface area contributed by atoms with Gasteiger partial charge in [-0.3, -0.25) is 9.69 Å². The number of hydrogen-bond donors (Lipinski definition) is 1. The van der Waals surface area contributed by atoms with E-state index in [-0.39, 0.29) is 5.91 Å². The van der Waals surface area contributed by atoms with Gasteiger partial charge in [-0.1, -0.05) is 29.4 Å². The van der Waals surface area contributed by atoms with Crippen LogP contribution in [0.15, 0.2) is 28.8 Å². The van der Waals surface area contributed by atoms with Gasteiger partial charge in [0.05, 0.1) is 5.69 Å². The van der Waals surface area contributed by atoms with E-state index in [0.717, 1.165) is 56.0 Å². The predicted octanol–water partition coefficient (Wildman–Crippen LogP) is 2.79. The van der Waals surface area contributed by atoms with Crippen LogP contribution in [-0.4, -0.2) is 35.6 Å². The minimum absolute atomic E-state index is 0.101. The molecule has 134 valence electrons. The average Bonchev–Trinajstić information content (AvgIpc) is 2.95. The summed E-state index contributed by atoms with van der Waals surface area (Å²) in [7, 11) is 0. The van der Waals surface area contributed by atoms with E-state index in [1.807, 2.05) is 13.8 Å². The van der Waals surface area contributed by atoms with Crippen molar-refractivity contribution in [2.75, 3.05) is 19.6 Å². The zero-order chi connectivity index (χ0) is 17.6. The molecule has 0 aliphatic carbocycles. The maximum Gasteiger partial charge on any atom is 0.220 e. The smallest absolute Gasteiger partial charge is 0.220 e. The predicted molar refractivity (Wildman–Crippen MR) is 97.3 cm³/mol. The van der Waals surface area contributed by atoms with Gasteiger partial charge < -0.3 is 9.84 Å². The number of benzene rings is 1. The van der Waals surface area contributed by atoms with Crippen LogP contribution in [0.1, 0.15) is 41.0 Å². The quantitative estimate of drug-likeness (QED) is 0.787. The van der Waals surface area contributed by atoms with Crippen LogP contribution in [0.25, 0.3) is 0 Å². The third kappa shape index (κ3) is 4.69. The van der Waals surface area contributed by atoms with Crippen molar-refractivity contribution < 1.29 is 9.32 Å². The number of rotatable bonds is 7. The second-order valence-electron chi connectivity index (χ2n) is 6.80. The Labute approximate surface area is 149 Å². The highest BCUT2D eigenvalue weighted by Crippen LogP contribution is 2.18. The van der Waals surface area contributed by atoms with Gasteiger partial charge in [0.15, 0.2) is 0 Å². The van der Waals surface area contributed by atoms with Crippen LogP contribution in [0, 0.1) is 13.8 Å². The number of fused-ring (bicyclic) bond motifs is 1. The Morgan fingerprint density at radius 1 is 1.28 bits per heavy atom. The molecule has 0 spiro atoms. The third-order valence-corrected chi connectivity index (χ3v) is 4.97. The Bertz CT molecular complexity index is 704. The van der Waals surface area contributed by atoms with Gasteiger partial charge in [0.25, 0.3) is 0 Å². The minimum atomic E-state index is 0.101. The van der Waals surface area contributed by atoms with Gasteiger partial charge in [-0.05, 0) is 44.2 Å². The van der Waals surface area contributed by atoms with Crippen molar-refractivity contribution in [3.8, 4) is 0 Å². The van der Waals surface area contributed by atoms with Crippen LogP contribution < -0.4 is 5.32 Å². The second-order valence-corrected chi connectivity index (χ2v) is 6.80. The first kappa shape index (κ1) is 17.7. The van der Waals surface area contributed by atoms with Gasteiger partial charge in [0.1, 0.15) is 5.76 Å². The van der Waals surface area contributed by atoms with Gasteiger partial charge in [0.2, 0.25) is 5.91 Å². The number of amides is 1. The first-order valence-corrected chi connectivity index (χ1v) is 9.11. The molecule has 5 nitrogen and oxygen atoms in total. The number of hydrogen-bond acceptors (Lipinski definition) is 4. The van der Waals surface area contributed by atoms with Crippen LogP contribution in [0.3, 0.4) is 0 Å². The first-order valence-electron chi connectivity index (χ1n) is 9.11. The van der Waals surface area contributed by atoms with Crippen LogP contribution in [0.4, 0.5) is 0 Å². The fraction of sp³-hybridized carbons (Fsp3) is 0.500. The molecule has 0 saturated carbocycles. The molecule has 1 amide bonds. The maximum atomic E-state index is 12.0. The molecule has 0 unspecified atom stereocenters. The zero-order valence-corrected chi connectivity index (χ0v) is 15.2. The lowest BCUT2D eigenvalue weighted by Gasteiger charge is -2.28. The summed E-state index contributed by atoms with van der Waals surface area (Å²) in [5.41, 5.74) is 4.86. The molecular weight excluding hydrogens is 314 g/mol. The molecule has 25 heavy (non-hydrogen) atoms. The second kappa shape index (κ2) is 8.30. The van der Waals surface area contributed by atoms with Crippen LogP contribution in [0.5, 0.6) is 0 Å². The topological polar surface area (TPSA) is 58.4 Å². The molecule has 5 heteroatoms. The Balaban J connectivity index is 1.33. The lowest BCUT2D eigenvalue weighted by atomic mass is 10.00. The molecule has 0 fully saturated rings. The zero-order valence-electron chi connectivity index (χ0n) is 15.2. The third-order valence-electron chi connectivity index (χ3n) is 4.97. The molecule has 2 heterocycles. The monoisotopic (exact) mass is 341 g/mol. The van der Waals surface area contributed by atoms with Crippen molar-refractivity contribution in [2.45, 2.75) is 46.1 Å². The molecule has 3 rings (SSSR count). The molecule has 1 aromatic heterocycles. The van der Waals surface area contributed by atoms with Gasteiger partial charge in [-0.25, -0.2) is 0 Å². The van der Waals surface area contributed by atoms with E-state index >= 15 is 0 Å². The molecule has 1 aliphatic heterocycles. The highest BCUT2D eigenvalue weighted by molar-refractivity contribution is 5.76. The highest BCUT2D eigenvalue weighted by atomic mass is 16.5. The largest absolute Gasteiger partial charge is 0.361 e. The van der Waals surface area contributed by atoms with Crippen LogP contribution >= 0.6 is 0 Å². The molecule has 0 radical (unpaired) electrons. The van der Waals surface area contributed by atoms with Gasteiger partial charge >= 0.3 is 0 Å². The molecular formula is C20H27N3O2. The average molecular weight is 341 g/mol. The Morgan fingerprint density at radius 2 is 2.08 bits per heavy atom. The van der Waals surface area contributed by atoms with E-state index in [0.29, 0.717) is 12.8 Å². The molecule has 0 bridgehead atoms. The summed E-state index contributed by atoms with van der Waals surface area (Å²) >= 11 is 0. The van der Waals surface area contributed by atoms with Gasteiger partial charge in [-0.2, -0.15) is 0 Å². The van der Waals surface area contributed by atoms with Crippen molar-refractivity contribution in [3.63, 3.8) is 0 Å². The molecule has 1 aliphatic rings. The van der Waals surface area contributed by atoms with Gasteiger partial charge in [0, 0.05) is 38.2 Å². The SMILES string of the molecule is Cc1noc(C)c1CCC(=O)NCCCN1CCc2ccccc2C1. The van der Waals surface area contributed by atoms with Gasteiger partial charge in [-0.15, -0.1) is 0 Å². The van der Waals surface area contributed by atoms with Crippen molar-refractivity contribution in [3.05, 3.63) is 52.4 Å². The van der Waals surface area contributed by atoms with E-state index in [2.05, 4.69) is 39.6 Å². The molecule has 1 aromatic carbocycles. The number of aromatic nitrogens is 1. The van der Waals surface area contributed by atoms with E-state index in [9.17, 15) is 4.79 Å². The number of nitrogens with zero attached hydrogens (tertiary/aromatic N) is 2. The minimum Gasteiger partial charge on any atom is -0.361 e. The highest BCUT2D eigenvalue weighted by Gasteiger charge is 2.15. The van der Waals surface area contributed by atoms with E-state index < -0.39 is 0 Å². The number of carbonyl (C=O) groups excluding carboxylic acids is 1. The van der Waals surface area contributed by atoms with Crippen molar-refractivity contribution >= 4 is 5.91 Å². The lowest BCUT2D eigenvalue weighted by molar-refractivity contribution is -0.121. The Kier molecular flexibility index (Phi) is 5.87. The molecule has 0 atom stereocenters. The first-order chi connectivity index (χ1) is 12.1. The number of nitrogens with one attached hydrogen (secondary N) is 1. The van der Waals surface area contributed by atoms with E-state index in [1.165, 1.54) is 11.1 Å². The maximum absolute atomic E-state index is 12.0. The lowest BCUT2D eigenvalue weighted by Crippen LogP contribution is -2.33. The van der Waals surface area contributed by atoms with Crippen LogP contribution in [-0.2, 0) is 24.2 Å². The number of aryl methyl sites for hydroxylation is 2. The van der Waals surface area contributed by atoms with Crippen molar-refractivity contribution in [1.82, 2.24) is 15.4 Å². The summed E-state index contributed by atoms with van der Waals surface area (Å²) in [6.45, 7) is 7.70. The molecule has 1 N–H and O–H groups in total. The number of carbonyl (C=O) groups is 1. The Morgan fingerprint density at radius 3 is 2.84 bits per heavy atom. The van der Waals surface area contributed by atoms with Crippen LogP contribution in [0.2, 0.25) is 0 Å². The summed E-state index contributed by atoms with van der Waals surface area (Å²) in [4.78, 5) is 14.5. The van der Waals surface area contributed by atoms with E-state index in [1.54, 1.807) is 0 Å². The summed E-state index contributed by atoms with van der Waals surface area (Å²) in [5, 5.41) is 6.95. The fourth-order valence-corrected chi connectivity index (χ4v) is 3.46. The summed E-state index contributed by atoms with van der Waals surface area (Å²) in [6, 6.07) is 8.68. The normalized spacial score (nSPS) is 14.3. The van der Waals surface area contributed by atoms with Crippen molar-refractivity contribution in [2.24, 2.45) is 0 Å². The summed E-state index contributed by atoms with van der Waals surface area (Å²) in [6.07, 6.45) is 3.29. The summed E-state index contributed by atoms with van der Waals surface area (Å²) in [5.74, 6) is 0.916.